The molecule has 0 unspecified atom stereocenters. The van der Waals surface area contributed by atoms with Gasteiger partial charge in [0.25, 0.3) is 11.7 Å². The highest BCUT2D eigenvalue weighted by atomic mass is 16.5. The second kappa shape index (κ2) is 8.22. The monoisotopic (exact) mass is 407 g/mol. The summed E-state index contributed by atoms with van der Waals surface area (Å²) in [5.41, 5.74) is 4.62. The van der Waals surface area contributed by atoms with E-state index in [1.54, 1.807) is 11.4 Å². The molecule has 1 aromatic carbocycles. The Morgan fingerprint density at radius 1 is 1.30 bits per heavy atom. The Labute approximate surface area is 174 Å². The zero-order valence-electron chi connectivity index (χ0n) is 17.4. The lowest BCUT2D eigenvalue weighted by Gasteiger charge is -2.27. The Morgan fingerprint density at radius 2 is 2.10 bits per heavy atom. The molecule has 0 saturated carbocycles. The van der Waals surface area contributed by atoms with Crippen LogP contribution in [0.5, 0.6) is 0 Å². The Morgan fingerprint density at radius 3 is 2.93 bits per heavy atom. The summed E-state index contributed by atoms with van der Waals surface area (Å²) in [6.07, 6.45) is 3.49. The summed E-state index contributed by atoms with van der Waals surface area (Å²) in [4.78, 5) is 33.6. The Hall–Kier alpha value is -3.29. The van der Waals surface area contributed by atoms with Gasteiger partial charge in [-0.25, -0.2) is 9.50 Å². The highest BCUT2D eigenvalue weighted by Gasteiger charge is 2.26. The van der Waals surface area contributed by atoms with Crippen LogP contribution < -0.4 is 5.32 Å². The average molecular weight is 407 g/mol. The highest BCUT2D eigenvalue weighted by molar-refractivity contribution is 5.84. The van der Waals surface area contributed by atoms with Crippen LogP contribution in [0.15, 0.2) is 30.6 Å². The number of rotatable bonds is 5. The van der Waals surface area contributed by atoms with Crippen molar-refractivity contribution in [3.05, 3.63) is 58.7 Å². The van der Waals surface area contributed by atoms with Gasteiger partial charge < -0.3 is 10.1 Å². The summed E-state index contributed by atoms with van der Waals surface area (Å²) >= 11 is 0. The number of benzene rings is 1. The van der Waals surface area contributed by atoms with Crippen LogP contribution in [0.1, 0.15) is 53.9 Å². The third-order valence-electron chi connectivity index (χ3n) is 5.67. The van der Waals surface area contributed by atoms with E-state index in [2.05, 4.69) is 32.5 Å². The number of nitrogens with one attached hydrogen (secondary N) is 1. The molecule has 2 aromatic heterocycles. The first-order valence-electron chi connectivity index (χ1n) is 10.2. The zero-order valence-corrected chi connectivity index (χ0v) is 17.4. The minimum atomic E-state index is -0.879. The number of amides is 1. The fraction of sp³-hybridized carbons (Fsp3) is 0.409. The number of carbonyl (C=O) groups is 2. The van der Waals surface area contributed by atoms with Crippen molar-refractivity contribution in [1.29, 1.82) is 0 Å². The van der Waals surface area contributed by atoms with Crippen molar-refractivity contribution >= 4 is 17.7 Å². The molecule has 2 atom stereocenters. The lowest BCUT2D eigenvalue weighted by atomic mass is 9.87. The summed E-state index contributed by atoms with van der Waals surface area (Å²) in [6, 6.07) is 8.10. The molecule has 0 bridgehead atoms. The number of hydrogen-bond donors (Lipinski definition) is 1. The maximum atomic E-state index is 12.7. The number of fused-ring (bicyclic) bond motifs is 2. The molecule has 1 aliphatic carbocycles. The van der Waals surface area contributed by atoms with Gasteiger partial charge in [-0.15, -0.1) is 0 Å². The van der Waals surface area contributed by atoms with Crippen molar-refractivity contribution in [2.45, 2.75) is 58.6 Å². The average Bonchev–Trinajstić information content (AvgIpc) is 3.20. The van der Waals surface area contributed by atoms with Crippen LogP contribution in [0, 0.1) is 13.8 Å². The first-order chi connectivity index (χ1) is 14.4. The fourth-order valence-corrected chi connectivity index (χ4v) is 4.04. The Balaban J connectivity index is 1.40. The van der Waals surface area contributed by atoms with Gasteiger partial charge in [-0.3, -0.25) is 9.59 Å². The summed E-state index contributed by atoms with van der Waals surface area (Å²) in [6.45, 7) is 5.27. The summed E-state index contributed by atoms with van der Waals surface area (Å²) in [5, 5.41) is 7.16. The molecule has 1 amide bonds. The number of nitrogens with zero attached hydrogens (tertiary/aromatic N) is 4. The first-order valence-corrected chi connectivity index (χ1v) is 10.2. The maximum Gasteiger partial charge on any atom is 0.311 e. The lowest BCUT2D eigenvalue weighted by Crippen LogP contribution is -2.39. The molecule has 156 valence electrons. The van der Waals surface area contributed by atoms with Crippen molar-refractivity contribution in [1.82, 2.24) is 24.9 Å². The van der Waals surface area contributed by atoms with Gasteiger partial charge in [0.2, 0.25) is 0 Å². The molecule has 0 spiro atoms. The van der Waals surface area contributed by atoms with E-state index < -0.39 is 12.1 Å². The molecule has 1 N–H and O–H groups in total. The minimum absolute atomic E-state index is 0.0182. The molecular formula is C22H25N5O3. The molecule has 0 aliphatic heterocycles. The molecular weight excluding hydrogens is 382 g/mol. The number of carbonyl (C=O) groups excluding carboxylic acids is 2. The van der Waals surface area contributed by atoms with Crippen LogP contribution in [0.3, 0.4) is 0 Å². The first kappa shape index (κ1) is 20.0. The van der Waals surface area contributed by atoms with Crippen LogP contribution in [0.25, 0.3) is 5.78 Å². The highest BCUT2D eigenvalue weighted by Crippen LogP contribution is 2.29. The van der Waals surface area contributed by atoms with E-state index in [1.165, 1.54) is 11.9 Å². The van der Waals surface area contributed by atoms with Gasteiger partial charge in [0.1, 0.15) is 6.33 Å². The molecule has 3 aromatic rings. The molecule has 4 rings (SSSR count). The Kier molecular flexibility index (Phi) is 5.48. The molecule has 8 heteroatoms. The normalized spacial score (nSPS) is 16.7. The van der Waals surface area contributed by atoms with Crippen molar-refractivity contribution in [3.63, 3.8) is 0 Å². The predicted octanol–water partition coefficient (Wildman–Crippen LogP) is 2.41. The van der Waals surface area contributed by atoms with Gasteiger partial charge >= 0.3 is 5.97 Å². The SMILES string of the molecule is Cc1nc2ncnn2c(C)c1CC(=O)O[C@H](C)C(=O)N[C@@H]1CCCc2ccccc21. The molecule has 1 aliphatic rings. The second-order valence-electron chi connectivity index (χ2n) is 7.69. The van der Waals surface area contributed by atoms with E-state index in [0.717, 1.165) is 36.1 Å². The minimum Gasteiger partial charge on any atom is -0.452 e. The van der Waals surface area contributed by atoms with Crippen molar-refractivity contribution < 1.29 is 14.3 Å². The summed E-state index contributed by atoms with van der Waals surface area (Å²) in [7, 11) is 0. The number of hydrogen-bond acceptors (Lipinski definition) is 6. The fourth-order valence-electron chi connectivity index (χ4n) is 4.04. The number of aryl methyl sites for hydroxylation is 3. The number of esters is 1. The molecule has 8 nitrogen and oxygen atoms in total. The largest absolute Gasteiger partial charge is 0.452 e. The zero-order chi connectivity index (χ0) is 21.3. The topological polar surface area (TPSA) is 98.5 Å². The number of aromatic nitrogens is 4. The molecule has 0 saturated heterocycles. The van der Waals surface area contributed by atoms with E-state index in [0.29, 0.717) is 11.5 Å². The van der Waals surface area contributed by atoms with Gasteiger partial charge in [0, 0.05) is 17.0 Å². The van der Waals surface area contributed by atoms with Crippen LogP contribution in [0.4, 0.5) is 0 Å². The van der Waals surface area contributed by atoms with E-state index in [-0.39, 0.29) is 18.4 Å². The van der Waals surface area contributed by atoms with Crippen molar-refractivity contribution in [2.75, 3.05) is 0 Å². The van der Waals surface area contributed by atoms with Gasteiger partial charge in [-0.2, -0.15) is 10.1 Å². The van der Waals surface area contributed by atoms with E-state index in [9.17, 15) is 9.59 Å². The van der Waals surface area contributed by atoms with Crippen molar-refractivity contribution in [3.8, 4) is 0 Å². The molecule has 0 fully saturated rings. The summed E-state index contributed by atoms with van der Waals surface area (Å²) in [5.74, 6) is -0.278. The van der Waals surface area contributed by atoms with Gasteiger partial charge in [-0.05, 0) is 51.2 Å². The molecule has 30 heavy (non-hydrogen) atoms. The van der Waals surface area contributed by atoms with Crippen molar-refractivity contribution in [2.24, 2.45) is 0 Å². The quantitative estimate of drug-likeness (QED) is 0.652. The molecule has 0 radical (unpaired) electrons. The lowest BCUT2D eigenvalue weighted by molar-refractivity contribution is -0.154. The van der Waals surface area contributed by atoms with Gasteiger partial charge in [0.15, 0.2) is 6.10 Å². The van der Waals surface area contributed by atoms with Crippen LogP contribution in [0.2, 0.25) is 0 Å². The van der Waals surface area contributed by atoms with Crippen LogP contribution >= 0.6 is 0 Å². The standard InChI is InChI=1S/C22H25N5O3/c1-13-18(14(2)27-22(25-13)23-12-24-27)11-20(28)30-15(3)21(29)26-19-10-6-8-16-7-4-5-9-17(16)19/h4-5,7,9,12,15,19H,6,8,10-11H2,1-3H3,(H,26,29)/t15-,19-/m1/s1. The maximum absolute atomic E-state index is 12.7. The predicted molar refractivity (Wildman–Crippen MR) is 110 cm³/mol. The van der Waals surface area contributed by atoms with E-state index in [4.69, 9.17) is 4.74 Å². The van der Waals surface area contributed by atoms with Crippen LogP contribution in [-0.2, 0) is 27.2 Å². The van der Waals surface area contributed by atoms with Crippen LogP contribution in [-0.4, -0.2) is 37.6 Å². The molecule has 2 heterocycles. The van der Waals surface area contributed by atoms with Gasteiger partial charge in [0.05, 0.1) is 12.5 Å². The third-order valence-corrected chi connectivity index (χ3v) is 5.67. The van der Waals surface area contributed by atoms with E-state index >= 15 is 0 Å². The van der Waals surface area contributed by atoms with E-state index in [1.807, 2.05) is 26.0 Å². The smallest absolute Gasteiger partial charge is 0.311 e. The third kappa shape index (κ3) is 3.90. The van der Waals surface area contributed by atoms with Gasteiger partial charge in [-0.1, -0.05) is 24.3 Å². The summed E-state index contributed by atoms with van der Waals surface area (Å²) < 4.78 is 7.01. The Bertz CT molecular complexity index is 1110. The second-order valence-corrected chi connectivity index (χ2v) is 7.69. The number of ether oxygens (including phenoxy) is 1.